The molecule has 0 saturated heterocycles. The number of nitrogens with one attached hydrogen (secondary N) is 1. The summed E-state index contributed by atoms with van der Waals surface area (Å²) in [7, 11) is 0. The van der Waals surface area contributed by atoms with Crippen molar-refractivity contribution < 1.29 is 5.11 Å². The monoisotopic (exact) mass is 263 g/mol. The van der Waals surface area contributed by atoms with Crippen molar-refractivity contribution in [2.24, 2.45) is 11.8 Å². The molecule has 0 amide bonds. The van der Waals surface area contributed by atoms with Crippen LogP contribution in [-0.4, -0.2) is 11.1 Å². The minimum Gasteiger partial charge on any atom is -0.389 e. The van der Waals surface area contributed by atoms with E-state index >= 15 is 0 Å². The van der Waals surface area contributed by atoms with E-state index in [1.165, 1.54) is 0 Å². The fraction of sp³-hybridized carbons (Fsp3) is 0.647. The van der Waals surface area contributed by atoms with Crippen LogP contribution in [-0.2, 0) is 0 Å². The first kappa shape index (κ1) is 16.0. The topological polar surface area (TPSA) is 32.3 Å². The predicted molar refractivity (Wildman–Crippen MR) is 83.4 cm³/mol. The van der Waals surface area contributed by atoms with Gasteiger partial charge in [0.1, 0.15) is 0 Å². The zero-order chi connectivity index (χ0) is 14.4. The Morgan fingerprint density at radius 3 is 1.95 bits per heavy atom. The van der Waals surface area contributed by atoms with E-state index in [-0.39, 0.29) is 0 Å². The van der Waals surface area contributed by atoms with Crippen LogP contribution in [0.2, 0.25) is 0 Å². The van der Waals surface area contributed by atoms with E-state index in [2.05, 4.69) is 39.1 Å². The van der Waals surface area contributed by atoms with Crippen molar-refractivity contribution in [3.8, 4) is 0 Å². The van der Waals surface area contributed by atoms with Gasteiger partial charge in [-0.1, -0.05) is 45.9 Å². The van der Waals surface area contributed by atoms with Gasteiger partial charge in [-0.25, -0.2) is 0 Å². The molecule has 2 nitrogen and oxygen atoms in total. The van der Waals surface area contributed by atoms with Gasteiger partial charge < -0.3 is 10.4 Å². The number of hydrogen-bond donors (Lipinski definition) is 2. The summed E-state index contributed by atoms with van der Waals surface area (Å²) in [5, 5.41) is 13.5. The van der Waals surface area contributed by atoms with Crippen molar-refractivity contribution in [1.29, 1.82) is 0 Å². The van der Waals surface area contributed by atoms with Gasteiger partial charge >= 0.3 is 0 Å². The van der Waals surface area contributed by atoms with E-state index in [1.807, 2.05) is 25.1 Å². The molecule has 1 aromatic carbocycles. The molecule has 0 aliphatic heterocycles. The SMILES string of the molecule is CC(C)CC(CC(C)C)Nc1ccccc1C(C)O. The third kappa shape index (κ3) is 5.65. The maximum Gasteiger partial charge on any atom is 0.0781 e. The molecule has 1 aromatic rings. The fourth-order valence-electron chi connectivity index (χ4n) is 2.56. The molecule has 108 valence electrons. The van der Waals surface area contributed by atoms with Crippen LogP contribution in [0, 0.1) is 11.8 Å². The highest BCUT2D eigenvalue weighted by atomic mass is 16.3. The van der Waals surface area contributed by atoms with Crippen LogP contribution in [0.15, 0.2) is 24.3 Å². The summed E-state index contributed by atoms with van der Waals surface area (Å²) < 4.78 is 0. The van der Waals surface area contributed by atoms with Crippen molar-refractivity contribution in [2.45, 2.75) is 59.6 Å². The van der Waals surface area contributed by atoms with E-state index < -0.39 is 6.10 Å². The van der Waals surface area contributed by atoms with Gasteiger partial charge in [0.2, 0.25) is 0 Å². The third-order valence-electron chi connectivity index (χ3n) is 3.28. The Bertz CT molecular complexity index is 361. The van der Waals surface area contributed by atoms with Crippen LogP contribution in [0.4, 0.5) is 5.69 Å². The second kappa shape index (κ2) is 7.54. The average Bonchev–Trinajstić information content (AvgIpc) is 2.27. The Labute approximate surface area is 118 Å². The molecule has 0 aromatic heterocycles. The highest BCUT2D eigenvalue weighted by Gasteiger charge is 2.15. The molecule has 1 atom stereocenters. The Morgan fingerprint density at radius 1 is 0.947 bits per heavy atom. The smallest absolute Gasteiger partial charge is 0.0781 e. The van der Waals surface area contributed by atoms with Gasteiger partial charge in [0.25, 0.3) is 0 Å². The standard InChI is InChI=1S/C17H29NO/c1-12(2)10-15(11-13(3)4)18-17-9-7-6-8-16(17)14(5)19/h6-9,12-15,18-19H,10-11H2,1-5H3. The van der Waals surface area contributed by atoms with Crippen LogP contribution >= 0.6 is 0 Å². The molecule has 19 heavy (non-hydrogen) atoms. The number of benzene rings is 1. The first-order chi connectivity index (χ1) is 8.90. The van der Waals surface area contributed by atoms with Gasteiger partial charge in [-0.05, 0) is 37.7 Å². The molecule has 0 bridgehead atoms. The van der Waals surface area contributed by atoms with Gasteiger partial charge in [-0.2, -0.15) is 0 Å². The molecule has 0 spiro atoms. The molecule has 2 heteroatoms. The van der Waals surface area contributed by atoms with Crippen LogP contribution in [0.25, 0.3) is 0 Å². The lowest BCUT2D eigenvalue weighted by atomic mass is 9.95. The lowest BCUT2D eigenvalue weighted by Gasteiger charge is -2.25. The second-order valence-corrected chi connectivity index (χ2v) is 6.36. The normalized spacial score (nSPS) is 13.3. The molecular weight excluding hydrogens is 234 g/mol. The largest absolute Gasteiger partial charge is 0.389 e. The van der Waals surface area contributed by atoms with Crippen LogP contribution in [0.1, 0.15) is 59.1 Å². The molecule has 0 saturated carbocycles. The van der Waals surface area contributed by atoms with Crippen molar-refractivity contribution in [3.63, 3.8) is 0 Å². The lowest BCUT2D eigenvalue weighted by Crippen LogP contribution is -2.24. The van der Waals surface area contributed by atoms with Gasteiger partial charge in [-0.3, -0.25) is 0 Å². The van der Waals surface area contributed by atoms with Gasteiger partial charge in [0.15, 0.2) is 0 Å². The number of aliphatic hydroxyl groups is 1. The summed E-state index contributed by atoms with van der Waals surface area (Å²) in [4.78, 5) is 0. The molecule has 1 unspecified atom stereocenters. The molecule has 0 heterocycles. The number of aliphatic hydroxyl groups excluding tert-OH is 1. The highest BCUT2D eigenvalue weighted by molar-refractivity contribution is 5.52. The van der Waals surface area contributed by atoms with Crippen molar-refractivity contribution in [3.05, 3.63) is 29.8 Å². The van der Waals surface area contributed by atoms with Crippen molar-refractivity contribution >= 4 is 5.69 Å². The zero-order valence-corrected chi connectivity index (χ0v) is 13.0. The number of para-hydroxylation sites is 1. The summed E-state index contributed by atoms with van der Waals surface area (Å²) in [6, 6.07) is 8.54. The Kier molecular flexibility index (Phi) is 6.36. The first-order valence-electron chi connectivity index (χ1n) is 7.43. The molecule has 1 rings (SSSR count). The molecule has 0 aliphatic carbocycles. The van der Waals surface area contributed by atoms with Crippen LogP contribution in [0.5, 0.6) is 0 Å². The third-order valence-corrected chi connectivity index (χ3v) is 3.28. The summed E-state index contributed by atoms with van der Waals surface area (Å²) in [6.45, 7) is 10.9. The van der Waals surface area contributed by atoms with E-state index in [4.69, 9.17) is 0 Å². The molecular formula is C17H29NO. The number of rotatable bonds is 7. The van der Waals surface area contributed by atoms with Gasteiger partial charge in [0, 0.05) is 17.3 Å². The molecule has 0 radical (unpaired) electrons. The second-order valence-electron chi connectivity index (χ2n) is 6.36. The number of hydrogen-bond acceptors (Lipinski definition) is 2. The molecule has 0 fully saturated rings. The van der Waals surface area contributed by atoms with Crippen LogP contribution in [0.3, 0.4) is 0 Å². The van der Waals surface area contributed by atoms with Gasteiger partial charge in [-0.15, -0.1) is 0 Å². The Balaban J connectivity index is 2.83. The summed E-state index contributed by atoms with van der Waals surface area (Å²) in [5.41, 5.74) is 2.06. The minimum absolute atomic E-state index is 0.428. The van der Waals surface area contributed by atoms with E-state index in [1.54, 1.807) is 0 Å². The molecule has 2 N–H and O–H groups in total. The summed E-state index contributed by atoms with van der Waals surface area (Å²) >= 11 is 0. The molecule has 0 aliphatic rings. The first-order valence-corrected chi connectivity index (χ1v) is 7.43. The minimum atomic E-state index is -0.428. The van der Waals surface area contributed by atoms with Crippen LogP contribution < -0.4 is 5.32 Å². The fourth-order valence-corrected chi connectivity index (χ4v) is 2.56. The zero-order valence-electron chi connectivity index (χ0n) is 13.0. The Morgan fingerprint density at radius 2 is 1.47 bits per heavy atom. The maximum absolute atomic E-state index is 9.84. The van der Waals surface area contributed by atoms with Gasteiger partial charge in [0.05, 0.1) is 6.10 Å². The average molecular weight is 263 g/mol. The lowest BCUT2D eigenvalue weighted by molar-refractivity contribution is 0.200. The number of anilines is 1. The van der Waals surface area contributed by atoms with E-state index in [9.17, 15) is 5.11 Å². The van der Waals surface area contributed by atoms with E-state index in [0.29, 0.717) is 17.9 Å². The summed E-state index contributed by atoms with van der Waals surface area (Å²) in [6.07, 6.45) is 1.89. The predicted octanol–water partition coefficient (Wildman–Crippen LogP) is 4.61. The van der Waals surface area contributed by atoms with Crippen molar-refractivity contribution in [2.75, 3.05) is 5.32 Å². The quantitative estimate of drug-likeness (QED) is 0.752. The van der Waals surface area contributed by atoms with E-state index in [0.717, 1.165) is 24.1 Å². The van der Waals surface area contributed by atoms with Crippen molar-refractivity contribution in [1.82, 2.24) is 0 Å². The Hall–Kier alpha value is -1.02. The summed E-state index contributed by atoms with van der Waals surface area (Å²) in [5.74, 6) is 1.35. The maximum atomic E-state index is 9.84. The highest BCUT2D eigenvalue weighted by Crippen LogP contribution is 2.25.